The number of carbonyl (C=O) groups is 1. The second-order valence-corrected chi connectivity index (χ2v) is 7.19. The molecule has 3 nitrogen and oxygen atoms in total. The molecule has 0 aromatic heterocycles. The lowest BCUT2D eigenvalue weighted by Crippen LogP contribution is -2.16. The lowest BCUT2D eigenvalue weighted by molar-refractivity contribution is 0.158. The molecular weight excluding hydrogens is 298 g/mol. The van der Waals surface area contributed by atoms with Gasteiger partial charge in [-0.15, -0.1) is 0 Å². The Hall–Kier alpha value is -2.29. The first-order valence-electron chi connectivity index (χ1n) is 8.45. The van der Waals surface area contributed by atoms with Crippen LogP contribution in [0.25, 0.3) is 0 Å². The van der Waals surface area contributed by atoms with E-state index < -0.39 is 6.09 Å². The Kier molecular flexibility index (Phi) is 6.02. The Morgan fingerprint density at radius 1 is 1.04 bits per heavy atom. The zero-order valence-electron chi connectivity index (χ0n) is 15.0. The van der Waals surface area contributed by atoms with Gasteiger partial charge in [-0.05, 0) is 41.0 Å². The lowest BCUT2D eigenvalue weighted by atomic mass is 9.87. The van der Waals surface area contributed by atoms with Crippen molar-refractivity contribution in [1.82, 2.24) is 0 Å². The van der Waals surface area contributed by atoms with E-state index in [0.29, 0.717) is 12.5 Å². The van der Waals surface area contributed by atoms with Crippen LogP contribution in [0.4, 0.5) is 10.5 Å². The first kappa shape index (κ1) is 18.1. The van der Waals surface area contributed by atoms with Crippen molar-refractivity contribution in [1.29, 1.82) is 0 Å². The number of carbonyl (C=O) groups excluding carboxylic acids is 1. The molecule has 2 rings (SSSR count). The van der Waals surface area contributed by atoms with E-state index in [2.05, 4.69) is 45.1 Å². The van der Waals surface area contributed by atoms with E-state index >= 15 is 0 Å². The molecule has 0 saturated carbocycles. The van der Waals surface area contributed by atoms with Crippen LogP contribution in [0.5, 0.6) is 0 Å². The molecule has 2 aromatic rings. The summed E-state index contributed by atoms with van der Waals surface area (Å²) >= 11 is 0. The minimum atomic E-state index is -0.404. The van der Waals surface area contributed by atoms with E-state index in [1.165, 1.54) is 11.1 Å². The normalized spacial score (nSPS) is 12.5. The van der Waals surface area contributed by atoms with E-state index in [4.69, 9.17) is 4.74 Å². The minimum absolute atomic E-state index is 0.104. The Bertz CT molecular complexity index is 642. The third kappa shape index (κ3) is 5.41. The van der Waals surface area contributed by atoms with E-state index in [1.54, 1.807) is 0 Å². The van der Waals surface area contributed by atoms with Crippen molar-refractivity contribution in [3.8, 4) is 0 Å². The van der Waals surface area contributed by atoms with Crippen molar-refractivity contribution in [3.63, 3.8) is 0 Å². The van der Waals surface area contributed by atoms with Gasteiger partial charge in [0.05, 0.1) is 6.61 Å². The van der Waals surface area contributed by atoms with Gasteiger partial charge < -0.3 is 4.74 Å². The number of anilines is 1. The predicted octanol–water partition coefficient (Wildman–Crippen LogP) is 5.73. The van der Waals surface area contributed by atoms with Gasteiger partial charge in [0.2, 0.25) is 0 Å². The molecule has 0 fully saturated rings. The maximum Gasteiger partial charge on any atom is 0.411 e. The molecule has 0 aliphatic heterocycles. The Morgan fingerprint density at radius 3 is 2.25 bits per heavy atom. The largest absolute Gasteiger partial charge is 0.449 e. The summed E-state index contributed by atoms with van der Waals surface area (Å²) in [6.45, 7) is 9.04. The van der Waals surface area contributed by atoms with Gasteiger partial charge in [0.1, 0.15) is 0 Å². The Balaban J connectivity index is 1.77. The average molecular weight is 325 g/mol. The molecule has 0 radical (unpaired) electrons. The van der Waals surface area contributed by atoms with Crippen LogP contribution >= 0.6 is 0 Å². The molecule has 0 saturated heterocycles. The monoisotopic (exact) mass is 325 g/mol. The maximum atomic E-state index is 11.9. The SMILES string of the molecule is CC(CCOC(=O)Nc1ccc(C(C)(C)C)cc1)c1ccccc1. The standard InChI is InChI=1S/C21H27NO2/c1-16(17-8-6-5-7-9-17)14-15-24-20(23)22-19-12-10-18(11-13-19)21(2,3)4/h5-13,16H,14-15H2,1-4H3,(H,22,23). The van der Waals surface area contributed by atoms with Gasteiger partial charge in [-0.1, -0.05) is 70.2 Å². The van der Waals surface area contributed by atoms with Crippen molar-refractivity contribution in [3.05, 3.63) is 65.7 Å². The Morgan fingerprint density at radius 2 is 1.67 bits per heavy atom. The lowest BCUT2D eigenvalue weighted by Gasteiger charge is -2.19. The van der Waals surface area contributed by atoms with Crippen LogP contribution in [0.1, 0.15) is 51.2 Å². The zero-order valence-corrected chi connectivity index (χ0v) is 15.0. The predicted molar refractivity (Wildman–Crippen MR) is 99.6 cm³/mol. The number of hydrogen-bond donors (Lipinski definition) is 1. The fraction of sp³-hybridized carbons (Fsp3) is 0.381. The summed E-state index contributed by atoms with van der Waals surface area (Å²) in [6, 6.07) is 18.2. The second-order valence-electron chi connectivity index (χ2n) is 7.19. The average Bonchev–Trinajstić information content (AvgIpc) is 2.55. The van der Waals surface area contributed by atoms with Crippen LogP contribution in [0.2, 0.25) is 0 Å². The number of rotatable bonds is 5. The number of ether oxygens (including phenoxy) is 1. The van der Waals surface area contributed by atoms with E-state index in [9.17, 15) is 4.79 Å². The molecule has 0 bridgehead atoms. The van der Waals surface area contributed by atoms with Crippen molar-refractivity contribution < 1.29 is 9.53 Å². The summed E-state index contributed by atoms with van der Waals surface area (Å²) in [5.41, 5.74) is 3.36. The van der Waals surface area contributed by atoms with Gasteiger partial charge >= 0.3 is 6.09 Å². The molecule has 1 atom stereocenters. The number of benzene rings is 2. The van der Waals surface area contributed by atoms with Gasteiger partial charge in [0.25, 0.3) is 0 Å². The van der Waals surface area contributed by atoms with Crippen LogP contribution in [0, 0.1) is 0 Å². The quantitative estimate of drug-likeness (QED) is 0.762. The number of hydrogen-bond acceptors (Lipinski definition) is 2. The second kappa shape index (κ2) is 8.00. The summed E-state index contributed by atoms with van der Waals surface area (Å²) in [5, 5.41) is 2.77. The van der Waals surface area contributed by atoms with Gasteiger partial charge in [-0.3, -0.25) is 5.32 Å². The van der Waals surface area contributed by atoms with Crippen molar-refractivity contribution in [2.75, 3.05) is 11.9 Å². The molecule has 1 amide bonds. The first-order valence-corrected chi connectivity index (χ1v) is 8.45. The highest BCUT2D eigenvalue weighted by molar-refractivity contribution is 5.84. The van der Waals surface area contributed by atoms with Gasteiger partial charge in [-0.25, -0.2) is 4.79 Å². The topological polar surface area (TPSA) is 38.3 Å². The molecule has 0 aliphatic carbocycles. The first-order chi connectivity index (χ1) is 11.4. The number of nitrogens with one attached hydrogen (secondary N) is 1. The van der Waals surface area contributed by atoms with E-state index in [0.717, 1.165) is 12.1 Å². The highest BCUT2D eigenvalue weighted by Gasteiger charge is 2.13. The molecule has 0 aliphatic rings. The van der Waals surface area contributed by atoms with E-state index in [-0.39, 0.29) is 5.41 Å². The Labute approximate surface area is 145 Å². The van der Waals surface area contributed by atoms with Crippen molar-refractivity contribution in [2.45, 2.75) is 45.4 Å². The molecule has 0 spiro atoms. The summed E-state index contributed by atoms with van der Waals surface area (Å²) in [4.78, 5) is 11.9. The highest BCUT2D eigenvalue weighted by atomic mass is 16.5. The van der Waals surface area contributed by atoms with E-state index in [1.807, 2.05) is 42.5 Å². The summed E-state index contributed by atoms with van der Waals surface area (Å²) in [6.07, 6.45) is 0.402. The summed E-state index contributed by atoms with van der Waals surface area (Å²) < 4.78 is 5.29. The summed E-state index contributed by atoms with van der Waals surface area (Å²) in [7, 11) is 0. The molecule has 128 valence electrons. The molecule has 0 heterocycles. The molecule has 24 heavy (non-hydrogen) atoms. The van der Waals surface area contributed by atoms with Crippen molar-refractivity contribution >= 4 is 11.8 Å². The smallest absolute Gasteiger partial charge is 0.411 e. The van der Waals surface area contributed by atoms with Crippen molar-refractivity contribution in [2.24, 2.45) is 0 Å². The van der Waals surface area contributed by atoms with Crippen LogP contribution in [-0.4, -0.2) is 12.7 Å². The number of amides is 1. The highest BCUT2D eigenvalue weighted by Crippen LogP contribution is 2.23. The fourth-order valence-electron chi connectivity index (χ4n) is 2.48. The zero-order chi connectivity index (χ0) is 17.6. The molecule has 1 N–H and O–H groups in total. The maximum absolute atomic E-state index is 11.9. The van der Waals surface area contributed by atoms with Gasteiger partial charge in [0, 0.05) is 5.69 Å². The molecular formula is C21H27NO2. The fourth-order valence-corrected chi connectivity index (χ4v) is 2.48. The third-order valence-corrected chi connectivity index (χ3v) is 4.15. The molecule has 1 unspecified atom stereocenters. The van der Waals surface area contributed by atoms with Crippen LogP contribution in [0.3, 0.4) is 0 Å². The molecule has 2 aromatic carbocycles. The minimum Gasteiger partial charge on any atom is -0.449 e. The molecule has 3 heteroatoms. The van der Waals surface area contributed by atoms with Crippen LogP contribution in [-0.2, 0) is 10.2 Å². The summed E-state index contributed by atoms with van der Waals surface area (Å²) in [5.74, 6) is 0.366. The van der Waals surface area contributed by atoms with Gasteiger partial charge in [-0.2, -0.15) is 0 Å². The van der Waals surface area contributed by atoms with Crippen LogP contribution in [0.15, 0.2) is 54.6 Å². The van der Waals surface area contributed by atoms with Crippen LogP contribution < -0.4 is 5.32 Å². The third-order valence-electron chi connectivity index (χ3n) is 4.15. The van der Waals surface area contributed by atoms with Gasteiger partial charge in [0.15, 0.2) is 0 Å².